The molecule has 0 unspecified atom stereocenters. The van der Waals surface area contributed by atoms with Crippen LogP contribution in [-0.2, 0) is 6.54 Å². The molecular weight excluding hydrogens is 386 g/mol. The molecule has 0 aliphatic heterocycles. The summed E-state index contributed by atoms with van der Waals surface area (Å²) in [6.07, 6.45) is 0. The molecule has 0 aliphatic rings. The lowest BCUT2D eigenvalue weighted by atomic mass is 10.1. The second-order valence-electron chi connectivity index (χ2n) is 5.36. The summed E-state index contributed by atoms with van der Waals surface area (Å²) in [5.41, 5.74) is 1.89. The van der Waals surface area contributed by atoms with Crippen LogP contribution in [0.1, 0.15) is 26.5 Å². The minimum absolute atomic E-state index is 0.209. The van der Waals surface area contributed by atoms with Crippen LogP contribution in [0, 0.1) is 0 Å². The van der Waals surface area contributed by atoms with Gasteiger partial charge in [-0.1, -0.05) is 40.2 Å². The zero-order chi connectivity index (χ0) is 17.8. The minimum atomic E-state index is -0.980. The van der Waals surface area contributed by atoms with Crippen LogP contribution in [0.15, 0.2) is 69.6 Å². The van der Waals surface area contributed by atoms with Crippen LogP contribution >= 0.6 is 15.9 Å². The van der Waals surface area contributed by atoms with E-state index >= 15 is 0 Å². The molecule has 0 radical (unpaired) electrons. The molecule has 6 heteroatoms. The van der Waals surface area contributed by atoms with Gasteiger partial charge in [0, 0.05) is 16.6 Å². The van der Waals surface area contributed by atoms with E-state index in [4.69, 9.17) is 9.52 Å². The van der Waals surface area contributed by atoms with Gasteiger partial charge in [-0.2, -0.15) is 0 Å². The molecule has 0 saturated heterocycles. The Hall–Kier alpha value is -2.86. The first-order valence-electron chi connectivity index (χ1n) is 7.49. The van der Waals surface area contributed by atoms with Gasteiger partial charge >= 0.3 is 5.97 Å². The van der Waals surface area contributed by atoms with E-state index in [9.17, 15) is 9.59 Å². The maximum absolute atomic E-state index is 12.2. The van der Waals surface area contributed by atoms with E-state index in [-0.39, 0.29) is 23.8 Å². The van der Waals surface area contributed by atoms with Crippen molar-refractivity contribution in [3.05, 3.63) is 82.0 Å². The number of aromatic carboxylic acids is 1. The van der Waals surface area contributed by atoms with Crippen molar-refractivity contribution in [2.75, 3.05) is 0 Å². The molecule has 0 aliphatic carbocycles. The smallest absolute Gasteiger partial charge is 0.335 e. The Kier molecular flexibility index (Phi) is 5.00. The fourth-order valence-electron chi connectivity index (χ4n) is 2.26. The van der Waals surface area contributed by atoms with Crippen LogP contribution in [0.2, 0.25) is 0 Å². The van der Waals surface area contributed by atoms with Gasteiger partial charge in [0.2, 0.25) is 0 Å². The molecular formula is C19H14BrNO4. The third-order valence-electron chi connectivity index (χ3n) is 3.61. The lowest BCUT2D eigenvalue weighted by Gasteiger charge is -2.04. The summed E-state index contributed by atoms with van der Waals surface area (Å²) in [6.45, 7) is 0.285. The number of halogens is 1. The first kappa shape index (κ1) is 17.0. The molecule has 5 nitrogen and oxygen atoms in total. The van der Waals surface area contributed by atoms with E-state index < -0.39 is 5.97 Å². The van der Waals surface area contributed by atoms with Crippen LogP contribution < -0.4 is 5.32 Å². The summed E-state index contributed by atoms with van der Waals surface area (Å²) in [4.78, 5) is 23.0. The van der Waals surface area contributed by atoms with Gasteiger partial charge in [0.1, 0.15) is 5.76 Å². The highest BCUT2D eigenvalue weighted by atomic mass is 79.9. The topological polar surface area (TPSA) is 79.5 Å². The van der Waals surface area contributed by atoms with Crippen LogP contribution in [0.4, 0.5) is 0 Å². The van der Waals surface area contributed by atoms with Crippen molar-refractivity contribution in [1.29, 1.82) is 0 Å². The summed E-state index contributed by atoms with van der Waals surface area (Å²) in [6, 6.07) is 17.3. The lowest BCUT2D eigenvalue weighted by molar-refractivity contribution is 0.0696. The lowest BCUT2D eigenvalue weighted by Crippen LogP contribution is -2.22. The largest absolute Gasteiger partial charge is 0.478 e. The second-order valence-corrected chi connectivity index (χ2v) is 6.27. The highest BCUT2D eigenvalue weighted by Crippen LogP contribution is 2.24. The predicted molar refractivity (Wildman–Crippen MR) is 96.4 cm³/mol. The zero-order valence-electron chi connectivity index (χ0n) is 13.0. The van der Waals surface area contributed by atoms with Crippen LogP contribution in [0.25, 0.3) is 11.3 Å². The maximum Gasteiger partial charge on any atom is 0.335 e. The molecule has 3 rings (SSSR count). The fraction of sp³-hybridized carbons (Fsp3) is 0.0526. The van der Waals surface area contributed by atoms with Gasteiger partial charge < -0.3 is 14.8 Å². The van der Waals surface area contributed by atoms with Crippen molar-refractivity contribution >= 4 is 27.8 Å². The van der Waals surface area contributed by atoms with Gasteiger partial charge in [-0.15, -0.1) is 0 Å². The third-order valence-corrected chi connectivity index (χ3v) is 4.14. The Morgan fingerprint density at radius 2 is 1.64 bits per heavy atom. The molecule has 0 fully saturated rings. The van der Waals surface area contributed by atoms with Crippen molar-refractivity contribution in [3.63, 3.8) is 0 Å². The quantitative estimate of drug-likeness (QED) is 0.668. The van der Waals surface area contributed by atoms with Gasteiger partial charge in [0.05, 0.1) is 5.56 Å². The average molecular weight is 400 g/mol. The number of rotatable bonds is 5. The van der Waals surface area contributed by atoms with E-state index in [1.807, 2.05) is 24.3 Å². The van der Waals surface area contributed by atoms with Crippen molar-refractivity contribution in [1.82, 2.24) is 5.32 Å². The zero-order valence-corrected chi connectivity index (χ0v) is 14.6. The molecule has 0 atom stereocenters. The molecule has 0 spiro atoms. The summed E-state index contributed by atoms with van der Waals surface area (Å²) in [5, 5.41) is 11.6. The van der Waals surface area contributed by atoms with Crippen LogP contribution in [0.3, 0.4) is 0 Å². The third kappa shape index (κ3) is 4.16. The minimum Gasteiger partial charge on any atom is -0.478 e. The monoisotopic (exact) mass is 399 g/mol. The maximum atomic E-state index is 12.2. The van der Waals surface area contributed by atoms with Gasteiger partial charge in [-0.25, -0.2) is 4.79 Å². The van der Waals surface area contributed by atoms with E-state index in [1.54, 1.807) is 24.3 Å². The Balaban J connectivity index is 1.63. The molecule has 3 aromatic rings. The summed E-state index contributed by atoms with van der Waals surface area (Å²) in [5.74, 6) is -0.471. The van der Waals surface area contributed by atoms with Crippen LogP contribution in [-0.4, -0.2) is 17.0 Å². The number of amides is 1. The number of carbonyl (C=O) groups is 2. The normalized spacial score (nSPS) is 10.4. The van der Waals surface area contributed by atoms with Crippen molar-refractivity contribution in [2.45, 2.75) is 6.54 Å². The van der Waals surface area contributed by atoms with Crippen molar-refractivity contribution < 1.29 is 19.1 Å². The fourth-order valence-corrected chi connectivity index (χ4v) is 2.53. The molecule has 1 heterocycles. The number of hydrogen-bond donors (Lipinski definition) is 2. The van der Waals surface area contributed by atoms with E-state index in [0.717, 1.165) is 15.6 Å². The Bertz CT molecular complexity index is 898. The highest BCUT2D eigenvalue weighted by Gasteiger charge is 2.12. The molecule has 2 aromatic carbocycles. The first-order valence-corrected chi connectivity index (χ1v) is 8.28. The number of hydrogen-bond acceptors (Lipinski definition) is 3. The highest BCUT2D eigenvalue weighted by molar-refractivity contribution is 9.10. The summed E-state index contributed by atoms with van der Waals surface area (Å²) in [7, 11) is 0. The van der Waals surface area contributed by atoms with Gasteiger partial charge in [-0.05, 0) is 42.0 Å². The van der Waals surface area contributed by atoms with E-state index in [2.05, 4.69) is 21.2 Å². The number of nitrogens with one attached hydrogen (secondary N) is 1. The van der Waals surface area contributed by atoms with E-state index in [0.29, 0.717) is 5.76 Å². The summed E-state index contributed by atoms with van der Waals surface area (Å²) < 4.78 is 6.57. The molecule has 25 heavy (non-hydrogen) atoms. The number of carbonyl (C=O) groups excluding carboxylic acids is 1. The standard InChI is InChI=1S/C19H14BrNO4/c20-15-7-5-13(6-8-15)16-9-10-17(25-16)18(22)21-11-12-1-3-14(4-2-12)19(23)24/h1-10H,11H2,(H,21,22)(H,23,24). The Morgan fingerprint density at radius 3 is 2.28 bits per heavy atom. The number of benzene rings is 2. The number of carboxylic acid groups (broad SMARTS) is 1. The number of carboxylic acids is 1. The molecule has 0 bridgehead atoms. The molecule has 1 amide bonds. The second kappa shape index (κ2) is 7.36. The molecule has 0 saturated carbocycles. The van der Waals surface area contributed by atoms with Crippen LogP contribution in [0.5, 0.6) is 0 Å². The predicted octanol–water partition coefficient (Wildman–Crippen LogP) is 4.34. The van der Waals surface area contributed by atoms with Gasteiger partial charge in [0.15, 0.2) is 5.76 Å². The van der Waals surface area contributed by atoms with Crippen molar-refractivity contribution in [2.24, 2.45) is 0 Å². The SMILES string of the molecule is O=C(O)c1ccc(CNC(=O)c2ccc(-c3ccc(Br)cc3)o2)cc1. The molecule has 126 valence electrons. The van der Waals surface area contributed by atoms with Gasteiger partial charge in [-0.3, -0.25) is 4.79 Å². The first-order chi connectivity index (χ1) is 12.0. The Morgan fingerprint density at radius 1 is 0.960 bits per heavy atom. The molecule has 1 aromatic heterocycles. The van der Waals surface area contributed by atoms with E-state index in [1.165, 1.54) is 12.1 Å². The Labute approximate surface area is 152 Å². The number of furan rings is 1. The molecule has 2 N–H and O–H groups in total. The van der Waals surface area contributed by atoms with Crippen molar-refractivity contribution in [3.8, 4) is 11.3 Å². The van der Waals surface area contributed by atoms with Gasteiger partial charge in [0.25, 0.3) is 5.91 Å². The summed E-state index contributed by atoms with van der Waals surface area (Å²) >= 11 is 3.37. The average Bonchev–Trinajstić information content (AvgIpc) is 3.11.